The van der Waals surface area contributed by atoms with E-state index in [0.29, 0.717) is 5.92 Å². The van der Waals surface area contributed by atoms with E-state index >= 15 is 0 Å². The molecule has 2 aromatic carbocycles. The first kappa shape index (κ1) is 17.3. The Morgan fingerprint density at radius 2 is 1.81 bits per heavy atom. The Bertz CT molecular complexity index is 930. The monoisotopic (exact) mass is 364 g/mol. The van der Waals surface area contributed by atoms with E-state index in [9.17, 15) is 4.79 Å². The molecule has 0 bridgehead atoms. The van der Waals surface area contributed by atoms with Crippen LogP contribution < -0.4 is 5.56 Å². The van der Waals surface area contributed by atoms with Crippen molar-refractivity contribution in [2.24, 2.45) is 5.92 Å². The van der Waals surface area contributed by atoms with E-state index in [0.717, 1.165) is 33.5 Å². The lowest BCUT2D eigenvalue weighted by Gasteiger charge is -2.21. The van der Waals surface area contributed by atoms with Gasteiger partial charge in [-0.3, -0.25) is 4.79 Å². The number of hydrogen-bond donors (Lipinski definition) is 1. The van der Waals surface area contributed by atoms with Crippen molar-refractivity contribution in [2.45, 2.75) is 49.2 Å². The third-order valence-electron chi connectivity index (χ3n) is 5.29. The van der Waals surface area contributed by atoms with Crippen molar-refractivity contribution >= 4 is 22.5 Å². The maximum absolute atomic E-state index is 12.3. The Labute approximate surface area is 158 Å². The molecule has 1 aliphatic carbocycles. The third kappa shape index (κ3) is 4.01. The molecule has 0 amide bonds. The summed E-state index contributed by atoms with van der Waals surface area (Å²) in [6.07, 6.45) is 7.56. The molecule has 4 rings (SSSR count). The smallest absolute Gasteiger partial charge is 0.267 e. The van der Waals surface area contributed by atoms with Crippen LogP contribution in [0.5, 0.6) is 0 Å². The molecule has 3 nitrogen and oxygen atoms in total. The number of thioether (sulfide) groups is 1. The molecule has 3 aromatic rings. The summed E-state index contributed by atoms with van der Waals surface area (Å²) in [6, 6.07) is 16.7. The van der Waals surface area contributed by atoms with Gasteiger partial charge in [0.1, 0.15) is 0 Å². The minimum absolute atomic E-state index is 0.0884. The lowest BCUT2D eigenvalue weighted by Crippen LogP contribution is -2.15. The molecular weight excluding hydrogens is 340 g/mol. The second-order valence-electron chi connectivity index (χ2n) is 7.19. The van der Waals surface area contributed by atoms with E-state index in [1.807, 2.05) is 12.1 Å². The first-order chi connectivity index (χ1) is 12.8. The Kier molecular flexibility index (Phi) is 5.40. The van der Waals surface area contributed by atoms with Crippen LogP contribution in [0.3, 0.4) is 0 Å². The van der Waals surface area contributed by atoms with Crippen molar-refractivity contribution in [1.82, 2.24) is 10.2 Å². The molecule has 0 spiro atoms. The first-order valence-electron chi connectivity index (χ1n) is 9.47. The Morgan fingerprint density at radius 3 is 2.62 bits per heavy atom. The number of nitrogens with one attached hydrogen (secondary N) is 1. The van der Waals surface area contributed by atoms with Gasteiger partial charge in [-0.2, -0.15) is 5.10 Å². The molecule has 1 heterocycles. The maximum Gasteiger partial charge on any atom is 0.272 e. The molecule has 1 aliphatic rings. The molecule has 1 fully saturated rings. The van der Waals surface area contributed by atoms with Crippen molar-refractivity contribution in [1.29, 1.82) is 0 Å². The predicted octanol–water partition coefficient (Wildman–Crippen LogP) is 5.34. The fraction of sp³-hybridized carbons (Fsp3) is 0.364. The Hall–Kier alpha value is -2.07. The molecule has 1 N–H and O–H groups in total. The fourth-order valence-corrected chi connectivity index (χ4v) is 4.74. The van der Waals surface area contributed by atoms with Gasteiger partial charge >= 0.3 is 0 Å². The lowest BCUT2D eigenvalue weighted by atomic mass is 9.85. The molecule has 4 heteroatoms. The van der Waals surface area contributed by atoms with Gasteiger partial charge in [0.25, 0.3) is 5.56 Å². The maximum atomic E-state index is 12.3. The number of rotatable bonds is 5. The van der Waals surface area contributed by atoms with Crippen molar-refractivity contribution in [3.8, 4) is 0 Å². The molecule has 1 aromatic heterocycles. The van der Waals surface area contributed by atoms with Crippen molar-refractivity contribution in [2.75, 3.05) is 0 Å². The highest BCUT2D eigenvalue weighted by Gasteiger charge is 2.17. The number of hydrogen-bond acceptors (Lipinski definition) is 3. The van der Waals surface area contributed by atoms with E-state index in [4.69, 9.17) is 0 Å². The quantitative estimate of drug-likeness (QED) is 0.622. The molecule has 0 unspecified atom stereocenters. The van der Waals surface area contributed by atoms with Gasteiger partial charge in [0, 0.05) is 16.0 Å². The Morgan fingerprint density at radius 1 is 1.00 bits per heavy atom. The van der Waals surface area contributed by atoms with Crippen LogP contribution in [0.1, 0.15) is 43.4 Å². The van der Waals surface area contributed by atoms with Gasteiger partial charge in [-0.25, -0.2) is 5.10 Å². The van der Waals surface area contributed by atoms with Gasteiger partial charge in [0.05, 0.1) is 11.1 Å². The zero-order valence-corrected chi connectivity index (χ0v) is 15.7. The highest BCUT2D eigenvalue weighted by molar-refractivity contribution is 7.98. The topological polar surface area (TPSA) is 45.8 Å². The minimum Gasteiger partial charge on any atom is -0.267 e. The predicted molar refractivity (Wildman–Crippen MR) is 109 cm³/mol. The molecule has 1 saturated carbocycles. The molecule has 134 valence electrons. The summed E-state index contributed by atoms with van der Waals surface area (Å²) in [4.78, 5) is 13.4. The number of benzene rings is 2. The number of H-pyrrole nitrogens is 1. The number of fused-ring (bicyclic) bond motifs is 1. The number of aromatic amines is 1. The minimum atomic E-state index is -0.0884. The van der Waals surface area contributed by atoms with Crippen LogP contribution in [0.15, 0.2) is 58.2 Å². The average Bonchev–Trinajstić information content (AvgIpc) is 2.70. The largest absolute Gasteiger partial charge is 0.272 e. The summed E-state index contributed by atoms with van der Waals surface area (Å²) in [5.41, 5.74) is 2.25. The number of nitrogens with zero attached hydrogens (tertiary/aromatic N) is 1. The summed E-state index contributed by atoms with van der Waals surface area (Å²) in [6.45, 7) is 0. The van der Waals surface area contributed by atoms with Gasteiger partial charge in [-0.15, -0.1) is 11.8 Å². The second-order valence-corrected chi connectivity index (χ2v) is 8.24. The van der Waals surface area contributed by atoms with Crippen LogP contribution in [0, 0.1) is 5.92 Å². The average molecular weight is 365 g/mol. The summed E-state index contributed by atoms with van der Waals surface area (Å²) < 4.78 is 0. The van der Waals surface area contributed by atoms with Crippen LogP contribution in [0.4, 0.5) is 0 Å². The van der Waals surface area contributed by atoms with Crippen LogP contribution in [0.25, 0.3) is 10.8 Å². The van der Waals surface area contributed by atoms with E-state index in [1.54, 1.807) is 11.8 Å². The second kappa shape index (κ2) is 8.09. The summed E-state index contributed by atoms with van der Waals surface area (Å²) in [5.74, 6) is 1.61. The van der Waals surface area contributed by atoms with E-state index in [2.05, 4.69) is 46.6 Å². The molecule has 0 atom stereocenters. The standard InChI is InChI=1S/C22H24N2OS/c25-22-20-14-18(26-15-17-9-5-2-6-10-17)11-12-19(20)21(23-24-22)13-16-7-3-1-4-8-16/h2,5-6,9-12,14,16H,1,3-4,7-8,13,15H2,(H,24,25). The van der Waals surface area contributed by atoms with Crippen molar-refractivity contribution in [3.05, 3.63) is 70.1 Å². The van der Waals surface area contributed by atoms with Crippen LogP contribution in [0.2, 0.25) is 0 Å². The third-order valence-corrected chi connectivity index (χ3v) is 6.36. The first-order valence-corrected chi connectivity index (χ1v) is 10.5. The fourth-order valence-electron chi connectivity index (χ4n) is 3.85. The van der Waals surface area contributed by atoms with Crippen LogP contribution in [-0.2, 0) is 12.2 Å². The highest BCUT2D eigenvalue weighted by Crippen LogP contribution is 2.30. The van der Waals surface area contributed by atoms with Gasteiger partial charge in [0.2, 0.25) is 0 Å². The molecule has 26 heavy (non-hydrogen) atoms. The van der Waals surface area contributed by atoms with Crippen LogP contribution in [-0.4, -0.2) is 10.2 Å². The summed E-state index contributed by atoms with van der Waals surface area (Å²) in [7, 11) is 0. The zero-order chi connectivity index (χ0) is 17.8. The normalized spacial score (nSPS) is 15.4. The van der Waals surface area contributed by atoms with Gasteiger partial charge in [0.15, 0.2) is 0 Å². The molecule has 0 saturated heterocycles. The van der Waals surface area contributed by atoms with E-state index < -0.39 is 0 Å². The SMILES string of the molecule is O=c1[nH]nc(CC2CCCCC2)c2ccc(SCc3ccccc3)cc12. The molecule has 0 aliphatic heterocycles. The lowest BCUT2D eigenvalue weighted by molar-refractivity contribution is 0.354. The van der Waals surface area contributed by atoms with Crippen LogP contribution >= 0.6 is 11.8 Å². The van der Waals surface area contributed by atoms with E-state index in [1.165, 1.54) is 37.7 Å². The zero-order valence-electron chi connectivity index (χ0n) is 14.9. The van der Waals surface area contributed by atoms with Crippen molar-refractivity contribution in [3.63, 3.8) is 0 Å². The molecule has 0 radical (unpaired) electrons. The van der Waals surface area contributed by atoms with Gasteiger partial charge in [-0.1, -0.05) is 68.5 Å². The van der Waals surface area contributed by atoms with Crippen molar-refractivity contribution < 1.29 is 0 Å². The summed E-state index contributed by atoms with van der Waals surface area (Å²) in [5, 5.41) is 8.88. The summed E-state index contributed by atoms with van der Waals surface area (Å²) >= 11 is 1.77. The Balaban J connectivity index is 1.57. The van der Waals surface area contributed by atoms with E-state index in [-0.39, 0.29) is 5.56 Å². The highest BCUT2D eigenvalue weighted by atomic mass is 32.2. The van der Waals surface area contributed by atoms with Gasteiger partial charge in [-0.05, 0) is 30.0 Å². The molecular formula is C22H24N2OS. The van der Waals surface area contributed by atoms with Gasteiger partial charge < -0.3 is 0 Å². The number of aromatic nitrogens is 2.